The number of halogens is 2. The first-order valence-corrected chi connectivity index (χ1v) is 5.70. The van der Waals surface area contributed by atoms with Crippen LogP contribution in [0, 0.1) is 0 Å². The van der Waals surface area contributed by atoms with Crippen molar-refractivity contribution in [3.8, 4) is 0 Å². The molecule has 78 valence electrons. The third-order valence-corrected chi connectivity index (χ3v) is 2.80. The fourth-order valence-electron chi connectivity index (χ4n) is 1.09. The fraction of sp³-hybridized carbons (Fsp3) is 0.125. The second kappa shape index (κ2) is 4.28. The van der Waals surface area contributed by atoms with Crippen LogP contribution in [0.3, 0.4) is 0 Å². The molecule has 0 spiro atoms. The van der Waals surface area contributed by atoms with E-state index >= 15 is 0 Å². The van der Waals surface area contributed by atoms with Gasteiger partial charge in [-0.05, 0) is 44.0 Å². The number of aromatic nitrogens is 4. The number of anilines is 1. The molecule has 0 aliphatic rings. The summed E-state index contributed by atoms with van der Waals surface area (Å²) in [4.78, 5) is 8.16. The lowest BCUT2D eigenvalue weighted by atomic mass is 10.3. The highest BCUT2D eigenvalue weighted by molar-refractivity contribution is 9.10. The van der Waals surface area contributed by atoms with Gasteiger partial charge in [0.25, 0.3) is 0 Å². The third-order valence-electron chi connectivity index (χ3n) is 1.74. The minimum Gasteiger partial charge on any atom is -0.366 e. The maximum atomic E-state index is 5.46. The van der Waals surface area contributed by atoms with Crippen LogP contribution < -0.4 is 5.73 Å². The van der Waals surface area contributed by atoms with Crippen LogP contribution >= 0.6 is 31.9 Å². The molecule has 2 heterocycles. The molecule has 0 bridgehead atoms. The van der Waals surface area contributed by atoms with E-state index in [1.807, 2.05) is 12.1 Å². The normalized spacial score (nSPS) is 10.5. The van der Waals surface area contributed by atoms with Gasteiger partial charge in [0.1, 0.15) is 0 Å². The average molecular weight is 333 g/mol. The van der Waals surface area contributed by atoms with Crippen molar-refractivity contribution < 1.29 is 0 Å². The second-order valence-corrected chi connectivity index (χ2v) is 4.49. The molecule has 0 atom stereocenters. The summed E-state index contributed by atoms with van der Waals surface area (Å²) >= 11 is 6.58. The summed E-state index contributed by atoms with van der Waals surface area (Å²) in [5.74, 6) is 0.249. The summed E-state index contributed by atoms with van der Waals surface area (Å²) in [5, 5.41) is 4.01. The zero-order chi connectivity index (χ0) is 10.8. The Morgan fingerprint density at radius 1 is 1.33 bits per heavy atom. The SMILES string of the molecule is Nc1nc(Br)n(Cc2ccc(Br)cn2)n1. The van der Waals surface area contributed by atoms with Crippen molar-refractivity contribution in [3.05, 3.63) is 33.2 Å². The molecule has 0 aromatic carbocycles. The molecule has 2 aromatic rings. The topological polar surface area (TPSA) is 69.6 Å². The van der Waals surface area contributed by atoms with Crippen molar-refractivity contribution in [3.63, 3.8) is 0 Å². The molecule has 0 unspecified atom stereocenters. The van der Waals surface area contributed by atoms with Gasteiger partial charge in [-0.3, -0.25) is 4.98 Å². The first-order valence-electron chi connectivity index (χ1n) is 4.11. The third kappa shape index (κ3) is 2.54. The molecule has 2 aromatic heterocycles. The van der Waals surface area contributed by atoms with E-state index in [1.54, 1.807) is 10.9 Å². The van der Waals surface area contributed by atoms with Crippen LogP contribution in [-0.2, 0) is 6.54 Å². The van der Waals surface area contributed by atoms with Crippen LogP contribution in [0.25, 0.3) is 0 Å². The Balaban J connectivity index is 2.21. The maximum Gasteiger partial charge on any atom is 0.240 e. The predicted molar refractivity (Wildman–Crippen MR) is 63.2 cm³/mol. The van der Waals surface area contributed by atoms with Gasteiger partial charge in [0.2, 0.25) is 5.95 Å². The van der Waals surface area contributed by atoms with Gasteiger partial charge < -0.3 is 5.73 Å². The molecular weight excluding hydrogens is 326 g/mol. The van der Waals surface area contributed by atoms with Gasteiger partial charge >= 0.3 is 0 Å². The van der Waals surface area contributed by atoms with Crippen molar-refractivity contribution in [2.45, 2.75) is 6.54 Å². The van der Waals surface area contributed by atoms with E-state index in [-0.39, 0.29) is 5.95 Å². The van der Waals surface area contributed by atoms with Crippen LogP contribution in [0.1, 0.15) is 5.69 Å². The van der Waals surface area contributed by atoms with Crippen molar-refractivity contribution in [2.24, 2.45) is 0 Å². The van der Waals surface area contributed by atoms with Crippen molar-refractivity contribution in [1.82, 2.24) is 19.7 Å². The summed E-state index contributed by atoms with van der Waals surface area (Å²) in [6.45, 7) is 0.540. The number of nitrogen functional groups attached to an aromatic ring is 1. The minimum atomic E-state index is 0.249. The Morgan fingerprint density at radius 2 is 2.13 bits per heavy atom. The quantitative estimate of drug-likeness (QED) is 0.910. The Hall–Kier alpha value is -0.950. The largest absolute Gasteiger partial charge is 0.366 e. The number of hydrogen-bond acceptors (Lipinski definition) is 4. The molecule has 0 fully saturated rings. The van der Waals surface area contributed by atoms with Crippen LogP contribution in [0.4, 0.5) is 5.95 Å². The molecule has 0 saturated heterocycles. The lowest BCUT2D eigenvalue weighted by Crippen LogP contribution is -2.04. The molecule has 7 heteroatoms. The van der Waals surface area contributed by atoms with Crippen LogP contribution in [0.2, 0.25) is 0 Å². The molecule has 0 aliphatic heterocycles. The first-order chi connectivity index (χ1) is 7.15. The summed E-state index contributed by atoms with van der Waals surface area (Å²) < 4.78 is 3.19. The highest BCUT2D eigenvalue weighted by Gasteiger charge is 2.05. The van der Waals surface area contributed by atoms with Gasteiger partial charge in [-0.2, -0.15) is 4.98 Å². The van der Waals surface area contributed by atoms with E-state index < -0.39 is 0 Å². The Morgan fingerprint density at radius 3 is 2.67 bits per heavy atom. The van der Waals surface area contributed by atoms with Crippen molar-refractivity contribution in [1.29, 1.82) is 0 Å². The van der Waals surface area contributed by atoms with E-state index in [0.29, 0.717) is 11.3 Å². The van der Waals surface area contributed by atoms with Gasteiger partial charge in [-0.25, -0.2) is 4.68 Å². The van der Waals surface area contributed by atoms with Crippen molar-refractivity contribution in [2.75, 3.05) is 5.73 Å². The lowest BCUT2D eigenvalue weighted by molar-refractivity contribution is 0.657. The molecule has 0 radical (unpaired) electrons. The van der Waals surface area contributed by atoms with Gasteiger partial charge in [-0.15, -0.1) is 5.10 Å². The zero-order valence-corrected chi connectivity index (χ0v) is 10.7. The summed E-state index contributed by atoms with van der Waals surface area (Å²) in [5.41, 5.74) is 6.35. The van der Waals surface area contributed by atoms with E-state index in [4.69, 9.17) is 5.73 Å². The summed E-state index contributed by atoms with van der Waals surface area (Å²) in [6, 6.07) is 3.84. The van der Waals surface area contributed by atoms with Gasteiger partial charge in [0, 0.05) is 10.7 Å². The zero-order valence-electron chi connectivity index (χ0n) is 7.56. The first kappa shape index (κ1) is 10.6. The molecule has 5 nitrogen and oxygen atoms in total. The number of hydrogen-bond donors (Lipinski definition) is 1. The average Bonchev–Trinajstić information content (AvgIpc) is 2.49. The van der Waals surface area contributed by atoms with Gasteiger partial charge in [0.15, 0.2) is 4.73 Å². The summed E-state index contributed by atoms with van der Waals surface area (Å²) in [7, 11) is 0. The molecule has 2 N–H and O–H groups in total. The Kier molecular flexibility index (Phi) is 3.01. The molecule has 0 amide bonds. The molecule has 2 rings (SSSR count). The monoisotopic (exact) mass is 331 g/mol. The van der Waals surface area contributed by atoms with Gasteiger partial charge in [0.05, 0.1) is 12.2 Å². The number of nitrogens with two attached hydrogens (primary N) is 1. The standard InChI is InChI=1S/C8H7Br2N5/c9-5-1-2-6(12-3-5)4-15-7(10)13-8(11)14-15/h1-3H,4H2,(H2,11,14). The molecule has 0 saturated carbocycles. The number of pyridine rings is 1. The van der Waals surface area contributed by atoms with E-state index in [9.17, 15) is 0 Å². The minimum absolute atomic E-state index is 0.249. The Bertz CT molecular complexity index is 464. The van der Waals surface area contributed by atoms with E-state index in [0.717, 1.165) is 10.2 Å². The van der Waals surface area contributed by atoms with Crippen LogP contribution in [0.15, 0.2) is 27.5 Å². The fourth-order valence-corrected chi connectivity index (χ4v) is 1.71. The second-order valence-electron chi connectivity index (χ2n) is 2.86. The maximum absolute atomic E-state index is 5.46. The molecular formula is C8H7Br2N5. The predicted octanol–water partition coefficient (Wildman–Crippen LogP) is 1.83. The van der Waals surface area contributed by atoms with E-state index in [1.165, 1.54) is 0 Å². The van der Waals surface area contributed by atoms with Crippen LogP contribution in [-0.4, -0.2) is 19.7 Å². The summed E-state index contributed by atoms with van der Waals surface area (Å²) in [6.07, 6.45) is 1.74. The smallest absolute Gasteiger partial charge is 0.240 e. The van der Waals surface area contributed by atoms with Crippen molar-refractivity contribution >= 4 is 37.8 Å². The van der Waals surface area contributed by atoms with E-state index in [2.05, 4.69) is 46.9 Å². The molecule has 15 heavy (non-hydrogen) atoms. The Labute approximate surface area is 103 Å². The highest BCUT2D eigenvalue weighted by atomic mass is 79.9. The highest BCUT2D eigenvalue weighted by Crippen LogP contribution is 2.12. The lowest BCUT2D eigenvalue weighted by Gasteiger charge is -2.01. The van der Waals surface area contributed by atoms with Crippen LogP contribution in [0.5, 0.6) is 0 Å². The number of rotatable bonds is 2. The molecule has 0 aliphatic carbocycles. The van der Waals surface area contributed by atoms with Gasteiger partial charge in [-0.1, -0.05) is 0 Å². The number of nitrogens with zero attached hydrogens (tertiary/aromatic N) is 4.